The lowest BCUT2D eigenvalue weighted by atomic mass is 9.97. The lowest BCUT2D eigenvalue weighted by molar-refractivity contribution is -0.154. The largest absolute Gasteiger partial charge is 0.508 e. The van der Waals surface area contributed by atoms with Gasteiger partial charge in [0.2, 0.25) is 6.29 Å². The standard InChI is InChI=1S/C10H10O4/c11-7-3-1-6(2-4-7)8-5-9(12)14-10(8)13/h1-4,8-9,11-12H,5H2. The van der Waals surface area contributed by atoms with Gasteiger partial charge in [0.15, 0.2) is 0 Å². The van der Waals surface area contributed by atoms with E-state index in [0.717, 1.165) is 5.56 Å². The number of phenolic OH excluding ortho intramolecular Hbond substituents is 1. The zero-order valence-electron chi connectivity index (χ0n) is 7.38. The van der Waals surface area contributed by atoms with Gasteiger partial charge in [0.25, 0.3) is 0 Å². The molecule has 0 radical (unpaired) electrons. The predicted molar refractivity (Wildman–Crippen MR) is 47.6 cm³/mol. The molecule has 0 bridgehead atoms. The first-order valence-corrected chi connectivity index (χ1v) is 4.34. The number of carbonyl (C=O) groups is 1. The molecule has 1 saturated heterocycles. The summed E-state index contributed by atoms with van der Waals surface area (Å²) in [5.74, 6) is -0.672. The Balaban J connectivity index is 2.23. The van der Waals surface area contributed by atoms with E-state index in [1.54, 1.807) is 12.1 Å². The number of cyclic esters (lactones) is 1. The predicted octanol–water partition coefficient (Wildman–Crippen LogP) is 0.741. The smallest absolute Gasteiger partial charge is 0.315 e. The van der Waals surface area contributed by atoms with Crippen molar-refractivity contribution in [3.63, 3.8) is 0 Å². The molecule has 74 valence electrons. The van der Waals surface area contributed by atoms with E-state index in [0.29, 0.717) is 0 Å². The van der Waals surface area contributed by atoms with Crippen LogP contribution in [0.3, 0.4) is 0 Å². The van der Waals surface area contributed by atoms with E-state index in [2.05, 4.69) is 4.74 Å². The fourth-order valence-electron chi connectivity index (χ4n) is 1.54. The third kappa shape index (κ3) is 1.56. The van der Waals surface area contributed by atoms with Crippen LogP contribution in [0.1, 0.15) is 17.9 Å². The number of ether oxygens (including phenoxy) is 1. The van der Waals surface area contributed by atoms with Gasteiger partial charge in [-0.2, -0.15) is 0 Å². The van der Waals surface area contributed by atoms with Crippen LogP contribution < -0.4 is 0 Å². The Bertz CT molecular complexity index is 344. The van der Waals surface area contributed by atoms with Gasteiger partial charge in [-0.15, -0.1) is 0 Å². The summed E-state index contributed by atoms with van der Waals surface area (Å²) >= 11 is 0. The summed E-state index contributed by atoms with van der Waals surface area (Å²) in [5, 5.41) is 18.1. The first kappa shape index (κ1) is 9.02. The monoisotopic (exact) mass is 194 g/mol. The van der Waals surface area contributed by atoms with E-state index >= 15 is 0 Å². The van der Waals surface area contributed by atoms with E-state index in [1.807, 2.05) is 0 Å². The molecule has 1 aromatic carbocycles. The van der Waals surface area contributed by atoms with Crippen LogP contribution in [-0.2, 0) is 9.53 Å². The molecule has 2 N–H and O–H groups in total. The van der Waals surface area contributed by atoms with Crippen LogP contribution in [0.5, 0.6) is 5.75 Å². The van der Waals surface area contributed by atoms with Crippen molar-refractivity contribution in [2.45, 2.75) is 18.6 Å². The fourth-order valence-corrected chi connectivity index (χ4v) is 1.54. The molecule has 14 heavy (non-hydrogen) atoms. The van der Waals surface area contributed by atoms with E-state index < -0.39 is 18.2 Å². The highest BCUT2D eigenvalue weighted by Gasteiger charge is 2.34. The van der Waals surface area contributed by atoms with Crippen LogP contribution in [0, 0.1) is 0 Å². The van der Waals surface area contributed by atoms with Crippen molar-refractivity contribution in [2.75, 3.05) is 0 Å². The Morgan fingerprint density at radius 3 is 2.43 bits per heavy atom. The van der Waals surface area contributed by atoms with Gasteiger partial charge < -0.3 is 14.9 Å². The second-order valence-corrected chi connectivity index (χ2v) is 3.27. The van der Waals surface area contributed by atoms with E-state index in [9.17, 15) is 4.79 Å². The van der Waals surface area contributed by atoms with Gasteiger partial charge in [-0.25, -0.2) is 0 Å². The SMILES string of the molecule is O=C1OC(O)CC1c1ccc(O)cc1. The van der Waals surface area contributed by atoms with Gasteiger partial charge in [-0.3, -0.25) is 4.79 Å². The van der Waals surface area contributed by atoms with E-state index in [-0.39, 0.29) is 12.2 Å². The summed E-state index contributed by atoms with van der Waals surface area (Å²) in [6, 6.07) is 6.32. The van der Waals surface area contributed by atoms with Crippen LogP contribution in [0.2, 0.25) is 0 Å². The number of phenols is 1. The molecular formula is C10H10O4. The highest BCUT2D eigenvalue weighted by atomic mass is 16.6. The molecule has 4 nitrogen and oxygen atoms in total. The number of esters is 1. The maximum atomic E-state index is 11.2. The number of aliphatic hydroxyl groups is 1. The molecule has 1 heterocycles. The lowest BCUT2D eigenvalue weighted by Crippen LogP contribution is -2.05. The van der Waals surface area contributed by atoms with Crippen molar-refractivity contribution in [1.82, 2.24) is 0 Å². The average Bonchev–Trinajstić information content (AvgIpc) is 2.47. The minimum atomic E-state index is -0.999. The Kier molecular flexibility index (Phi) is 2.13. The van der Waals surface area contributed by atoms with Gasteiger partial charge >= 0.3 is 5.97 Å². The minimum Gasteiger partial charge on any atom is -0.508 e. The molecule has 0 amide bonds. The zero-order valence-corrected chi connectivity index (χ0v) is 7.38. The van der Waals surface area contributed by atoms with Crippen LogP contribution >= 0.6 is 0 Å². The summed E-state index contributed by atoms with van der Waals surface area (Å²) in [6.45, 7) is 0. The number of hydrogen-bond acceptors (Lipinski definition) is 4. The maximum absolute atomic E-state index is 11.2. The molecule has 0 spiro atoms. The molecule has 0 aromatic heterocycles. The van der Waals surface area contributed by atoms with Gasteiger partial charge in [0.05, 0.1) is 5.92 Å². The fraction of sp³-hybridized carbons (Fsp3) is 0.300. The molecule has 1 fully saturated rings. The topological polar surface area (TPSA) is 66.8 Å². The zero-order chi connectivity index (χ0) is 10.1. The third-order valence-corrected chi connectivity index (χ3v) is 2.27. The van der Waals surface area contributed by atoms with Crippen LogP contribution in [0.4, 0.5) is 0 Å². The van der Waals surface area contributed by atoms with Crippen molar-refractivity contribution < 1.29 is 19.7 Å². The first-order valence-electron chi connectivity index (χ1n) is 4.34. The quantitative estimate of drug-likeness (QED) is 0.647. The van der Waals surface area contributed by atoms with Crippen LogP contribution in [-0.4, -0.2) is 22.5 Å². The number of carbonyl (C=O) groups excluding carboxylic acids is 1. The maximum Gasteiger partial charge on any atom is 0.315 e. The van der Waals surface area contributed by atoms with E-state index in [4.69, 9.17) is 10.2 Å². The molecule has 1 aliphatic rings. The number of aromatic hydroxyl groups is 1. The highest BCUT2D eigenvalue weighted by molar-refractivity contribution is 5.80. The second kappa shape index (κ2) is 3.31. The molecular weight excluding hydrogens is 184 g/mol. The molecule has 0 saturated carbocycles. The summed E-state index contributed by atoms with van der Waals surface area (Å²) < 4.78 is 4.61. The van der Waals surface area contributed by atoms with Crippen molar-refractivity contribution in [1.29, 1.82) is 0 Å². The number of hydrogen-bond donors (Lipinski definition) is 2. The molecule has 4 heteroatoms. The molecule has 2 rings (SSSR count). The Labute approximate surface area is 80.7 Å². The average molecular weight is 194 g/mol. The van der Waals surface area contributed by atoms with E-state index in [1.165, 1.54) is 12.1 Å². The Hall–Kier alpha value is -1.55. The lowest BCUT2D eigenvalue weighted by Gasteiger charge is -2.04. The van der Waals surface area contributed by atoms with Crippen molar-refractivity contribution in [2.24, 2.45) is 0 Å². The summed E-state index contributed by atoms with van der Waals surface area (Å²) in [6.07, 6.45) is -0.717. The Morgan fingerprint density at radius 2 is 1.93 bits per heavy atom. The molecule has 2 unspecified atom stereocenters. The van der Waals surface area contributed by atoms with Crippen LogP contribution in [0.25, 0.3) is 0 Å². The van der Waals surface area contributed by atoms with Gasteiger partial charge in [-0.05, 0) is 17.7 Å². The van der Waals surface area contributed by atoms with Crippen molar-refractivity contribution in [3.8, 4) is 5.75 Å². The normalized spacial score (nSPS) is 26.2. The summed E-state index contributed by atoms with van der Waals surface area (Å²) in [5.41, 5.74) is 0.754. The molecule has 0 aliphatic carbocycles. The summed E-state index contributed by atoms with van der Waals surface area (Å²) in [7, 11) is 0. The Morgan fingerprint density at radius 1 is 1.29 bits per heavy atom. The second-order valence-electron chi connectivity index (χ2n) is 3.27. The van der Waals surface area contributed by atoms with Crippen molar-refractivity contribution in [3.05, 3.63) is 29.8 Å². The number of rotatable bonds is 1. The van der Waals surface area contributed by atoms with Crippen molar-refractivity contribution >= 4 is 5.97 Å². The summed E-state index contributed by atoms with van der Waals surface area (Å²) in [4.78, 5) is 11.2. The number of benzene rings is 1. The first-order chi connectivity index (χ1) is 6.66. The van der Waals surface area contributed by atoms with Crippen LogP contribution in [0.15, 0.2) is 24.3 Å². The van der Waals surface area contributed by atoms with Gasteiger partial charge in [-0.1, -0.05) is 12.1 Å². The minimum absolute atomic E-state index is 0.153. The van der Waals surface area contributed by atoms with Gasteiger partial charge in [0, 0.05) is 6.42 Å². The van der Waals surface area contributed by atoms with Gasteiger partial charge in [0.1, 0.15) is 5.75 Å². The highest BCUT2D eigenvalue weighted by Crippen LogP contribution is 2.30. The molecule has 1 aromatic rings. The molecule has 1 aliphatic heterocycles. The number of aliphatic hydroxyl groups excluding tert-OH is 1. The molecule has 2 atom stereocenters. The third-order valence-electron chi connectivity index (χ3n) is 2.27.